The highest BCUT2D eigenvalue weighted by Gasteiger charge is 2.17. The molecule has 8 heteroatoms. The minimum Gasteiger partial charge on any atom is -0.456 e. The fraction of sp³-hybridized carbons (Fsp3) is 0.103. The second kappa shape index (κ2) is 25.9. The number of aromatic nitrogens is 6. The molecule has 0 aliphatic carbocycles. The highest BCUT2D eigenvalue weighted by atomic mass is 16.3. The first-order chi connectivity index (χ1) is 37.3. The van der Waals surface area contributed by atoms with E-state index >= 15 is 0 Å². The highest BCUT2D eigenvalue weighted by molar-refractivity contribution is 6.12. The van der Waals surface area contributed by atoms with E-state index in [9.17, 15) is 0 Å². The fourth-order valence-electron chi connectivity index (χ4n) is 8.58. The Labute approximate surface area is 445 Å². The standard InChI is InChI=1S/C22H15N3O.C19H17N.C17H12N2O.C6H10.C4H8/c1-14-23-21(15-8-3-2-4-9-15)25-22(24-14)17-11-7-13-19-20(17)16-10-5-6-12-18(16)26-19;1-3-5-10-15(4-2)20-18-13-8-6-11-16(18)17-12-7-9-14-19(17)20;1-11-16-15(13-9-5-6-10-14(13)20-16)19-17(18-11)12-7-3-2-4-8-12;1-3-5-6-4-2;1-3-4-2/h2-13H,1H3;3-14H,2H2,1H3;2-10H,1H3;3-6H,1-2H3;3-4H,1-2H3/b;5-3-,15-10+;;5-3-,6-4-;4-3-. The number of benzene rings is 7. The van der Waals surface area contributed by atoms with Crippen molar-refractivity contribution in [2.45, 2.75) is 48.5 Å². The Morgan fingerprint density at radius 3 is 1.49 bits per heavy atom. The lowest BCUT2D eigenvalue weighted by molar-refractivity contribution is 0.661. The molecule has 0 saturated carbocycles. The number of fused-ring (bicyclic) bond motifs is 9. The van der Waals surface area contributed by atoms with Gasteiger partial charge in [-0.2, -0.15) is 0 Å². The van der Waals surface area contributed by atoms with Gasteiger partial charge in [-0.1, -0.05) is 195 Å². The van der Waals surface area contributed by atoms with Crippen LogP contribution in [0.4, 0.5) is 0 Å². The van der Waals surface area contributed by atoms with Crippen LogP contribution in [0.5, 0.6) is 0 Å². The molecule has 0 amide bonds. The molecule has 0 unspecified atom stereocenters. The van der Waals surface area contributed by atoms with Crippen LogP contribution in [0.25, 0.3) is 106 Å². The van der Waals surface area contributed by atoms with Crippen molar-refractivity contribution < 1.29 is 8.83 Å². The first-order valence-corrected chi connectivity index (χ1v) is 25.5. The van der Waals surface area contributed by atoms with E-state index in [2.05, 4.69) is 91.8 Å². The summed E-state index contributed by atoms with van der Waals surface area (Å²) < 4.78 is 14.1. The van der Waals surface area contributed by atoms with Gasteiger partial charge >= 0.3 is 0 Å². The Morgan fingerprint density at radius 2 is 0.921 bits per heavy atom. The first kappa shape index (κ1) is 52.8. The van der Waals surface area contributed by atoms with Crippen LogP contribution in [0.3, 0.4) is 0 Å². The SMILES string of the molecule is C/C=C\C.C/C=C\C=C/C.C=C/C(=C\C=C/C)n1c2ccccc2c2ccccc21.Cc1nc(-c2ccccc2)nc(-c2cccc3oc4ccccc4c23)n1.Cc1nc(-c2ccccc2)nc2c1oc1ccccc12. The molecule has 5 aromatic heterocycles. The van der Waals surface area contributed by atoms with Gasteiger partial charge in [0.1, 0.15) is 28.1 Å². The molecule has 376 valence electrons. The second-order valence-electron chi connectivity index (χ2n) is 17.4. The Balaban J connectivity index is 0.000000140. The molecule has 0 spiro atoms. The molecule has 0 bridgehead atoms. The zero-order valence-electron chi connectivity index (χ0n) is 44.2. The van der Waals surface area contributed by atoms with E-state index in [-0.39, 0.29) is 0 Å². The monoisotopic (exact) mass is 994 g/mol. The zero-order valence-corrected chi connectivity index (χ0v) is 44.2. The van der Waals surface area contributed by atoms with Gasteiger partial charge < -0.3 is 13.4 Å². The largest absolute Gasteiger partial charge is 0.456 e. The van der Waals surface area contributed by atoms with Crippen molar-refractivity contribution in [3.63, 3.8) is 0 Å². The summed E-state index contributed by atoms with van der Waals surface area (Å²) in [5.74, 6) is 2.77. The van der Waals surface area contributed by atoms with E-state index in [1.807, 2.05) is 224 Å². The van der Waals surface area contributed by atoms with Crippen LogP contribution in [-0.4, -0.2) is 29.5 Å². The number of nitrogens with zero attached hydrogens (tertiary/aromatic N) is 6. The maximum atomic E-state index is 5.99. The normalized spacial score (nSPS) is 11.5. The van der Waals surface area contributed by atoms with E-state index in [0.717, 1.165) is 77.9 Å². The fourth-order valence-corrected chi connectivity index (χ4v) is 8.58. The molecule has 76 heavy (non-hydrogen) atoms. The summed E-state index contributed by atoms with van der Waals surface area (Å²) >= 11 is 0. The quantitative estimate of drug-likeness (QED) is 0.116. The van der Waals surface area contributed by atoms with Gasteiger partial charge in [0, 0.05) is 49.3 Å². The number of aryl methyl sites for hydroxylation is 2. The molecule has 0 aliphatic rings. The van der Waals surface area contributed by atoms with Gasteiger partial charge in [0.05, 0.1) is 16.7 Å². The van der Waals surface area contributed by atoms with Crippen LogP contribution >= 0.6 is 0 Å². The third kappa shape index (κ3) is 12.1. The van der Waals surface area contributed by atoms with Gasteiger partial charge in [-0.25, -0.2) is 24.9 Å². The molecule has 0 radical (unpaired) electrons. The molecule has 7 aromatic carbocycles. The molecule has 5 heterocycles. The van der Waals surface area contributed by atoms with Gasteiger partial charge in [0.2, 0.25) is 0 Å². The molecule has 0 N–H and O–H groups in total. The van der Waals surface area contributed by atoms with Crippen LogP contribution in [0.1, 0.15) is 46.1 Å². The number of hydrogen-bond donors (Lipinski definition) is 0. The summed E-state index contributed by atoms with van der Waals surface area (Å²) in [5, 5.41) is 5.68. The minimum atomic E-state index is 0.661. The average molecular weight is 995 g/mol. The first-order valence-electron chi connectivity index (χ1n) is 25.5. The molecule has 0 saturated heterocycles. The maximum absolute atomic E-state index is 5.99. The number of hydrogen-bond acceptors (Lipinski definition) is 7. The lowest BCUT2D eigenvalue weighted by Gasteiger charge is -2.07. The van der Waals surface area contributed by atoms with Crippen molar-refractivity contribution >= 4 is 71.5 Å². The lowest BCUT2D eigenvalue weighted by Crippen LogP contribution is -1.99. The topological polar surface area (TPSA) is 95.7 Å². The van der Waals surface area contributed by atoms with Crippen molar-refractivity contribution in [1.29, 1.82) is 0 Å². The van der Waals surface area contributed by atoms with E-state index < -0.39 is 0 Å². The number of para-hydroxylation sites is 4. The van der Waals surface area contributed by atoms with E-state index in [1.54, 1.807) is 0 Å². The van der Waals surface area contributed by atoms with Gasteiger partial charge in [0.25, 0.3) is 0 Å². The van der Waals surface area contributed by atoms with Crippen LogP contribution in [-0.2, 0) is 0 Å². The number of allylic oxidation sites excluding steroid dienone is 11. The molecular weight excluding hydrogens is 933 g/mol. The Morgan fingerprint density at radius 1 is 0.434 bits per heavy atom. The number of furan rings is 2. The molecule has 0 aliphatic heterocycles. The summed E-state index contributed by atoms with van der Waals surface area (Å²) in [6.45, 7) is 17.8. The van der Waals surface area contributed by atoms with Crippen molar-refractivity contribution in [3.8, 4) is 34.2 Å². The van der Waals surface area contributed by atoms with E-state index in [1.165, 1.54) is 21.8 Å². The smallest absolute Gasteiger partial charge is 0.175 e. The predicted octanol–water partition coefficient (Wildman–Crippen LogP) is 18.9. The van der Waals surface area contributed by atoms with Gasteiger partial charge in [0.15, 0.2) is 23.1 Å². The van der Waals surface area contributed by atoms with Crippen LogP contribution in [0.2, 0.25) is 0 Å². The third-order valence-electron chi connectivity index (χ3n) is 12.2. The average Bonchev–Trinajstić information content (AvgIpc) is 4.18. The second-order valence-corrected chi connectivity index (χ2v) is 17.4. The summed E-state index contributed by atoms with van der Waals surface area (Å²) in [6, 6.07) is 58.9. The molecule has 8 nitrogen and oxygen atoms in total. The number of rotatable bonds is 7. The Bertz CT molecular complexity index is 3970. The predicted molar refractivity (Wildman–Crippen MR) is 321 cm³/mol. The van der Waals surface area contributed by atoms with Crippen molar-refractivity contribution in [1.82, 2.24) is 29.5 Å². The van der Waals surface area contributed by atoms with Crippen LogP contribution in [0, 0.1) is 13.8 Å². The molecule has 0 atom stereocenters. The highest BCUT2D eigenvalue weighted by Crippen LogP contribution is 2.36. The Hall–Kier alpha value is -9.53. The van der Waals surface area contributed by atoms with Crippen molar-refractivity contribution in [2.24, 2.45) is 0 Å². The minimum absolute atomic E-state index is 0.661. The molecule has 0 fully saturated rings. The summed E-state index contributed by atoms with van der Waals surface area (Å²) in [4.78, 5) is 23.1. The van der Waals surface area contributed by atoms with E-state index in [0.29, 0.717) is 17.5 Å². The molecule has 12 aromatic rings. The lowest BCUT2D eigenvalue weighted by atomic mass is 10.1. The van der Waals surface area contributed by atoms with Gasteiger partial charge in [-0.15, -0.1) is 0 Å². The summed E-state index contributed by atoms with van der Waals surface area (Å²) in [6.07, 6.45) is 20.1. The van der Waals surface area contributed by atoms with Crippen LogP contribution < -0.4 is 0 Å². The van der Waals surface area contributed by atoms with Crippen molar-refractivity contribution in [3.05, 3.63) is 255 Å². The summed E-state index contributed by atoms with van der Waals surface area (Å²) in [7, 11) is 0. The van der Waals surface area contributed by atoms with Crippen LogP contribution in [0.15, 0.2) is 252 Å². The summed E-state index contributed by atoms with van der Waals surface area (Å²) in [5.41, 5.74) is 11.5. The van der Waals surface area contributed by atoms with E-state index in [4.69, 9.17) is 13.8 Å². The maximum Gasteiger partial charge on any atom is 0.175 e. The molecular formula is C68H62N6O2. The third-order valence-corrected chi connectivity index (χ3v) is 12.2. The van der Waals surface area contributed by atoms with Gasteiger partial charge in [-0.05, 0) is 97.0 Å². The van der Waals surface area contributed by atoms with Gasteiger partial charge in [-0.3, -0.25) is 0 Å². The van der Waals surface area contributed by atoms with Crippen molar-refractivity contribution in [2.75, 3.05) is 0 Å². The Kier molecular flexibility index (Phi) is 18.0. The molecule has 12 rings (SSSR count). The zero-order chi connectivity index (χ0) is 53.2.